The van der Waals surface area contributed by atoms with Crippen LogP contribution in [0.3, 0.4) is 0 Å². The van der Waals surface area contributed by atoms with Gasteiger partial charge in [-0.05, 0) is 25.2 Å². The van der Waals surface area contributed by atoms with E-state index in [1.807, 2.05) is 43.2 Å². The van der Waals surface area contributed by atoms with E-state index < -0.39 is 0 Å². The fraction of sp³-hybridized carbons (Fsp3) is 0.364. The van der Waals surface area contributed by atoms with E-state index in [9.17, 15) is 0 Å². The minimum absolute atomic E-state index is 0.239. The summed E-state index contributed by atoms with van der Waals surface area (Å²) in [5, 5.41) is 7.42. The minimum Gasteiger partial charge on any atom is -0.469 e. The summed E-state index contributed by atoms with van der Waals surface area (Å²) >= 11 is 0. The number of aryl methyl sites for hydroxylation is 1. The Hall–Kier alpha value is -1.55. The SMILES string of the molecule is CNC(Cc1ccco1)c1ccnn1C. The Morgan fingerprint density at radius 1 is 1.53 bits per heavy atom. The Morgan fingerprint density at radius 2 is 2.40 bits per heavy atom. The first-order valence-corrected chi connectivity index (χ1v) is 4.99. The second-order valence-corrected chi connectivity index (χ2v) is 3.50. The first-order chi connectivity index (χ1) is 7.31. The summed E-state index contributed by atoms with van der Waals surface area (Å²) in [7, 11) is 3.89. The number of hydrogen-bond donors (Lipinski definition) is 1. The molecule has 2 rings (SSSR count). The van der Waals surface area contributed by atoms with Gasteiger partial charge in [-0.15, -0.1) is 0 Å². The van der Waals surface area contributed by atoms with Crippen molar-refractivity contribution in [1.29, 1.82) is 0 Å². The average Bonchev–Trinajstić information content (AvgIpc) is 2.85. The van der Waals surface area contributed by atoms with Crippen LogP contribution in [0.1, 0.15) is 17.5 Å². The molecule has 0 aromatic carbocycles. The minimum atomic E-state index is 0.239. The zero-order valence-corrected chi connectivity index (χ0v) is 8.97. The largest absolute Gasteiger partial charge is 0.469 e. The molecule has 0 radical (unpaired) electrons. The molecular weight excluding hydrogens is 190 g/mol. The average molecular weight is 205 g/mol. The molecule has 1 unspecified atom stereocenters. The van der Waals surface area contributed by atoms with Crippen molar-refractivity contribution in [3.63, 3.8) is 0 Å². The predicted octanol–water partition coefficient (Wildman–Crippen LogP) is 1.52. The summed E-state index contributed by atoms with van der Waals surface area (Å²) < 4.78 is 7.21. The summed E-state index contributed by atoms with van der Waals surface area (Å²) in [6, 6.07) is 6.15. The number of nitrogens with zero attached hydrogens (tertiary/aromatic N) is 2. The van der Waals surface area contributed by atoms with Crippen LogP contribution in [0, 0.1) is 0 Å². The molecule has 0 aliphatic carbocycles. The van der Waals surface area contributed by atoms with E-state index in [-0.39, 0.29) is 6.04 Å². The van der Waals surface area contributed by atoms with Crippen LogP contribution in [0.2, 0.25) is 0 Å². The summed E-state index contributed by atoms with van der Waals surface area (Å²) in [4.78, 5) is 0. The van der Waals surface area contributed by atoms with E-state index in [1.54, 1.807) is 6.26 Å². The maximum Gasteiger partial charge on any atom is 0.105 e. The second kappa shape index (κ2) is 4.31. The molecule has 80 valence electrons. The lowest BCUT2D eigenvalue weighted by Gasteiger charge is -2.14. The van der Waals surface area contributed by atoms with Crippen LogP contribution in [0.5, 0.6) is 0 Å². The van der Waals surface area contributed by atoms with Crippen LogP contribution >= 0.6 is 0 Å². The first-order valence-electron chi connectivity index (χ1n) is 4.99. The molecule has 0 saturated carbocycles. The Balaban J connectivity index is 2.15. The van der Waals surface area contributed by atoms with Gasteiger partial charge in [-0.1, -0.05) is 0 Å². The molecule has 4 nitrogen and oxygen atoms in total. The van der Waals surface area contributed by atoms with Gasteiger partial charge in [0.25, 0.3) is 0 Å². The summed E-state index contributed by atoms with van der Waals surface area (Å²) in [6.45, 7) is 0. The molecule has 15 heavy (non-hydrogen) atoms. The highest BCUT2D eigenvalue weighted by molar-refractivity contribution is 5.11. The molecule has 0 aliphatic rings. The molecule has 0 bridgehead atoms. The normalized spacial score (nSPS) is 12.9. The summed E-state index contributed by atoms with van der Waals surface area (Å²) in [6.07, 6.45) is 4.34. The Bertz CT molecular complexity index is 405. The van der Waals surface area contributed by atoms with Gasteiger partial charge in [-0.3, -0.25) is 4.68 Å². The van der Waals surface area contributed by atoms with Crippen molar-refractivity contribution in [2.75, 3.05) is 7.05 Å². The second-order valence-electron chi connectivity index (χ2n) is 3.50. The third kappa shape index (κ3) is 2.10. The third-order valence-electron chi connectivity index (χ3n) is 2.55. The number of hydrogen-bond acceptors (Lipinski definition) is 3. The first kappa shape index (κ1) is 9.98. The highest BCUT2D eigenvalue weighted by Gasteiger charge is 2.14. The van der Waals surface area contributed by atoms with Crippen LogP contribution in [0.15, 0.2) is 35.1 Å². The van der Waals surface area contributed by atoms with Crippen LogP contribution in [-0.2, 0) is 13.5 Å². The lowest BCUT2D eigenvalue weighted by atomic mass is 10.1. The van der Waals surface area contributed by atoms with Gasteiger partial charge in [0.2, 0.25) is 0 Å². The van der Waals surface area contributed by atoms with Crippen LogP contribution in [0.25, 0.3) is 0 Å². The fourth-order valence-corrected chi connectivity index (χ4v) is 1.71. The maximum absolute atomic E-state index is 5.33. The fourth-order valence-electron chi connectivity index (χ4n) is 1.71. The molecule has 1 atom stereocenters. The Kier molecular flexibility index (Phi) is 2.87. The van der Waals surface area contributed by atoms with Gasteiger partial charge >= 0.3 is 0 Å². The van der Waals surface area contributed by atoms with Gasteiger partial charge in [0.15, 0.2) is 0 Å². The van der Waals surface area contributed by atoms with E-state index in [0.29, 0.717) is 0 Å². The molecule has 0 saturated heterocycles. The molecule has 0 amide bonds. The molecule has 0 spiro atoms. The molecule has 0 aliphatic heterocycles. The number of aromatic nitrogens is 2. The molecule has 2 aromatic rings. The quantitative estimate of drug-likeness (QED) is 0.822. The summed E-state index contributed by atoms with van der Waals surface area (Å²) in [5.74, 6) is 0.982. The van der Waals surface area contributed by atoms with E-state index in [1.165, 1.54) is 0 Å². The number of likely N-dealkylation sites (N-methyl/N-ethyl adjacent to an activating group) is 1. The number of rotatable bonds is 4. The zero-order valence-electron chi connectivity index (χ0n) is 8.97. The molecule has 2 aromatic heterocycles. The van der Waals surface area contributed by atoms with Crippen molar-refractivity contribution in [3.8, 4) is 0 Å². The predicted molar refractivity (Wildman–Crippen MR) is 57.4 cm³/mol. The van der Waals surface area contributed by atoms with Gasteiger partial charge in [0.1, 0.15) is 5.76 Å². The molecule has 1 N–H and O–H groups in total. The number of nitrogens with one attached hydrogen (secondary N) is 1. The van der Waals surface area contributed by atoms with Gasteiger partial charge in [0.05, 0.1) is 18.0 Å². The van der Waals surface area contributed by atoms with Crippen molar-refractivity contribution < 1.29 is 4.42 Å². The Morgan fingerprint density at radius 3 is 2.93 bits per heavy atom. The van der Waals surface area contributed by atoms with Crippen LogP contribution < -0.4 is 5.32 Å². The lowest BCUT2D eigenvalue weighted by Crippen LogP contribution is -2.21. The van der Waals surface area contributed by atoms with Crippen molar-refractivity contribution in [1.82, 2.24) is 15.1 Å². The van der Waals surface area contributed by atoms with Crippen molar-refractivity contribution in [2.24, 2.45) is 7.05 Å². The Labute approximate surface area is 88.9 Å². The van der Waals surface area contributed by atoms with E-state index >= 15 is 0 Å². The van der Waals surface area contributed by atoms with Crippen LogP contribution in [-0.4, -0.2) is 16.8 Å². The number of furan rings is 1. The third-order valence-corrected chi connectivity index (χ3v) is 2.55. The molecule has 0 fully saturated rings. The highest BCUT2D eigenvalue weighted by Crippen LogP contribution is 2.17. The van der Waals surface area contributed by atoms with Crippen molar-refractivity contribution in [3.05, 3.63) is 42.1 Å². The maximum atomic E-state index is 5.33. The van der Waals surface area contributed by atoms with Gasteiger partial charge in [0, 0.05) is 19.7 Å². The van der Waals surface area contributed by atoms with E-state index in [2.05, 4.69) is 10.4 Å². The smallest absolute Gasteiger partial charge is 0.105 e. The van der Waals surface area contributed by atoms with E-state index in [0.717, 1.165) is 17.9 Å². The van der Waals surface area contributed by atoms with E-state index in [4.69, 9.17) is 4.42 Å². The van der Waals surface area contributed by atoms with Gasteiger partial charge in [-0.25, -0.2) is 0 Å². The zero-order chi connectivity index (χ0) is 10.7. The van der Waals surface area contributed by atoms with Crippen molar-refractivity contribution >= 4 is 0 Å². The highest BCUT2D eigenvalue weighted by atomic mass is 16.3. The molecule has 2 heterocycles. The standard InChI is InChI=1S/C11H15N3O/c1-12-10(8-9-4-3-7-15-9)11-5-6-13-14(11)2/h3-7,10,12H,8H2,1-2H3. The molecule has 4 heteroatoms. The van der Waals surface area contributed by atoms with Crippen LogP contribution in [0.4, 0.5) is 0 Å². The van der Waals surface area contributed by atoms with Crippen molar-refractivity contribution in [2.45, 2.75) is 12.5 Å². The summed E-state index contributed by atoms with van der Waals surface area (Å²) in [5.41, 5.74) is 1.16. The van der Waals surface area contributed by atoms with Gasteiger partial charge in [-0.2, -0.15) is 5.10 Å². The topological polar surface area (TPSA) is 43.0 Å². The van der Waals surface area contributed by atoms with Gasteiger partial charge < -0.3 is 9.73 Å². The molecular formula is C11H15N3O. The lowest BCUT2D eigenvalue weighted by molar-refractivity contribution is 0.452. The monoisotopic (exact) mass is 205 g/mol.